The van der Waals surface area contributed by atoms with E-state index in [1.807, 2.05) is 13.8 Å². The second kappa shape index (κ2) is 3.90. The Balaban J connectivity index is 3.12. The van der Waals surface area contributed by atoms with Crippen LogP contribution in [0.1, 0.15) is 30.4 Å². The minimum Gasteiger partial charge on any atom is -0.258 e. The van der Waals surface area contributed by atoms with Crippen LogP contribution in [0.5, 0.6) is 0 Å². The number of aromatic nitrogens is 1. The molecule has 0 amide bonds. The third kappa shape index (κ3) is 1.97. The van der Waals surface area contributed by atoms with Gasteiger partial charge in [-0.25, -0.2) is 4.39 Å². The fourth-order valence-corrected chi connectivity index (χ4v) is 1.36. The van der Waals surface area contributed by atoms with Crippen molar-refractivity contribution in [2.75, 3.05) is 0 Å². The fraction of sp³-hybridized carbons (Fsp3) is 0.444. The summed E-state index contributed by atoms with van der Waals surface area (Å²) in [4.78, 5) is 3.99. The Morgan fingerprint density at radius 2 is 2.33 bits per heavy atom. The lowest BCUT2D eigenvalue weighted by Crippen LogP contribution is -1.98. The number of hydrogen-bond acceptors (Lipinski definition) is 2. The predicted molar refractivity (Wildman–Crippen MR) is 51.0 cm³/mol. The summed E-state index contributed by atoms with van der Waals surface area (Å²) in [5.41, 5.74) is 1.82. The Bertz CT molecular complexity index is 273. The van der Waals surface area contributed by atoms with Gasteiger partial charge in [-0.3, -0.25) is 4.98 Å². The van der Waals surface area contributed by atoms with E-state index in [1.54, 1.807) is 0 Å². The first-order valence-electron chi connectivity index (χ1n) is 3.97. The summed E-state index contributed by atoms with van der Waals surface area (Å²) in [7, 11) is 0. The van der Waals surface area contributed by atoms with E-state index in [9.17, 15) is 4.39 Å². The monoisotopic (exact) mass is 185 g/mol. The molecule has 1 aromatic rings. The highest BCUT2D eigenvalue weighted by atomic mass is 32.1. The molecule has 1 atom stereocenters. The molecule has 66 valence electrons. The molecule has 1 heterocycles. The lowest BCUT2D eigenvalue weighted by molar-refractivity contribution is 0.616. The third-order valence-corrected chi connectivity index (χ3v) is 2.03. The average molecular weight is 185 g/mol. The van der Waals surface area contributed by atoms with E-state index < -0.39 is 0 Å². The number of hydrogen-bond donors (Lipinski definition) is 1. The summed E-state index contributed by atoms with van der Waals surface area (Å²) in [5.74, 6) is -0.289. The van der Waals surface area contributed by atoms with Crippen molar-refractivity contribution in [1.29, 1.82) is 0 Å². The number of halogens is 1. The molecule has 0 N–H and O–H groups in total. The topological polar surface area (TPSA) is 12.9 Å². The van der Waals surface area contributed by atoms with Gasteiger partial charge in [0.15, 0.2) is 0 Å². The number of pyridine rings is 1. The van der Waals surface area contributed by atoms with Crippen molar-refractivity contribution in [1.82, 2.24) is 4.98 Å². The van der Waals surface area contributed by atoms with Gasteiger partial charge in [-0.15, -0.1) is 0 Å². The predicted octanol–water partition coefficient (Wildman–Crippen LogP) is 2.77. The molecule has 0 bridgehead atoms. The average Bonchev–Trinajstić information content (AvgIpc) is 2.04. The van der Waals surface area contributed by atoms with E-state index in [4.69, 9.17) is 0 Å². The van der Waals surface area contributed by atoms with Crippen LogP contribution in [-0.2, 0) is 6.42 Å². The molecule has 3 heteroatoms. The molecule has 0 radical (unpaired) electrons. The van der Waals surface area contributed by atoms with Crippen LogP contribution >= 0.6 is 12.6 Å². The van der Waals surface area contributed by atoms with Crippen molar-refractivity contribution in [3.8, 4) is 0 Å². The molecule has 0 saturated carbocycles. The lowest BCUT2D eigenvalue weighted by Gasteiger charge is -2.08. The molecule has 0 fully saturated rings. The summed E-state index contributed by atoms with van der Waals surface area (Å²) in [6.07, 6.45) is 2.07. The van der Waals surface area contributed by atoms with Crippen molar-refractivity contribution >= 4 is 12.6 Å². The fourth-order valence-electron chi connectivity index (χ4n) is 1.14. The Kier molecular flexibility index (Phi) is 3.09. The first-order chi connectivity index (χ1) is 5.65. The molecule has 1 unspecified atom stereocenters. The van der Waals surface area contributed by atoms with Crippen LogP contribution in [0.3, 0.4) is 0 Å². The standard InChI is InChI=1S/C9H12FNS/c1-3-9-8(6(2)12)4-7(10)5-11-9/h4-6,12H,3H2,1-2H3. The third-order valence-electron chi connectivity index (χ3n) is 1.76. The van der Waals surface area contributed by atoms with Crippen molar-refractivity contribution in [3.63, 3.8) is 0 Å². The van der Waals surface area contributed by atoms with Gasteiger partial charge >= 0.3 is 0 Å². The highest BCUT2D eigenvalue weighted by Crippen LogP contribution is 2.22. The summed E-state index contributed by atoms with van der Waals surface area (Å²) in [6, 6.07) is 1.50. The number of thiol groups is 1. The number of nitrogens with zero attached hydrogens (tertiary/aromatic N) is 1. The maximum atomic E-state index is 12.7. The molecule has 0 aliphatic rings. The maximum Gasteiger partial charge on any atom is 0.141 e. The summed E-state index contributed by atoms with van der Waals surface area (Å²) >= 11 is 4.25. The van der Waals surface area contributed by atoms with Crippen LogP contribution in [0.2, 0.25) is 0 Å². The zero-order valence-electron chi connectivity index (χ0n) is 7.21. The molecule has 1 aromatic heterocycles. The Labute approximate surface area is 77.4 Å². The second-order valence-electron chi connectivity index (χ2n) is 2.72. The molecule has 0 saturated heterocycles. The Morgan fingerprint density at radius 3 is 2.83 bits per heavy atom. The highest BCUT2D eigenvalue weighted by Gasteiger charge is 2.07. The van der Waals surface area contributed by atoms with Crippen LogP contribution < -0.4 is 0 Å². The number of aryl methyl sites for hydroxylation is 1. The van der Waals surface area contributed by atoms with Gasteiger partial charge in [0.05, 0.1) is 6.20 Å². The van der Waals surface area contributed by atoms with Crippen LogP contribution in [0.15, 0.2) is 12.3 Å². The lowest BCUT2D eigenvalue weighted by atomic mass is 10.1. The number of rotatable bonds is 2. The molecular formula is C9H12FNS. The molecule has 0 spiro atoms. The van der Waals surface area contributed by atoms with Gasteiger partial charge in [0.2, 0.25) is 0 Å². The molecular weight excluding hydrogens is 173 g/mol. The van der Waals surface area contributed by atoms with Gasteiger partial charge in [0.1, 0.15) is 5.82 Å². The SMILES string of the molecule is CCc1ncc(F)cc1C(C)S. The Morgan fingerprint density at radius 1 is 1.67 bits per heavy atom. The summed E-state index contributed by atoms with van der Waals surface area (Å²) in [6.45, 7) is 3.92. The summed E-state index contributed by atoms with van der Waals surface area (Å²) in [5, 5.41) is 0.0446. The van der Waals surface area contributed by atoms with Gasteiger partial charge in [-0.2, -0.15) is 12.6 Å². The quantitative estimate of drug-likeness (QED) is 0.699. The minimum absolute atomic E-state index is 0.0446. The van der Waals surface area contributed by atoms with Crippen molar-refractivity contribution in [3.05, 3.63) is 29.3 Å². The first-order valence-corrected chi connectivity index (χ1v) is 4.49. The molecule has 0 aromatic carbocycles. The van der Waals surface area contributed by atoms with Crippen LogP contribution in [-0.4, -0.2) is 4.98 Å². The van der Waals surface area contributed by atoms with E-state index in [0.717, 1.165) is 17.7 Å². The van der Waals surface area contributed by atoms with E-state index in [2.05, 4.69) is 17.6 Å². The van der Waals surface area contributed by atoms with Crippen LogP contribution in [0.4, 0.5) is 4.39 Å². The minimum atomic E-state index is -0.289. The first kappa shape index (κ1) is 9.52. The smallest absolute Gasteiger partial charge is 0.141 e. The molecule has 1 nitrogen and oxygen atoms in total. The van der Waals surface area contributed by atoms with Crippen LogP contribution in [0.25, 0.3) is 0 Å². The van der Waals surface area contributed by atoms with Gasteiger partial charge in [-0.05, 0) is 25.0 Å². The second-order valence-corrected chi connectivity index (χ2v) is 3.49. The van der Waals surface area contributed by atoms with Crippen molar-refractivity contribution in [2.24, 2.45) is 0 Å². The maximum absolute atomic E-state index is 12.7. The van der Waals surface area contributed by atoms with E-state index >= 15 is 0 Å². The molecule has 1 rings (SSSR count). The van der Waals surface area contributed by atoms with Gasteiger partial charge in [0, 0.05) is 10.9 Å². The van der Waals surface area contributed by atoms with Crippen molar-refractivity contribution < 1.29 is 4.39 Å². The molecule has 0 aliphatic carbocycles. The Hall–Kier alpha value is -0.570. The van der Waals surface area contributed by atoms with Crippen molar-refractivity contribution in [2.45, 2.75) is 25.5 Å². The zero-order valence-corrected chi connectivity index (χ0v) is 8.11. The van der Waals surface area contributed by atoms with Crippen LogP contribution in [0, 0.1) is 5.82 Å². The highest BCUT2D eigenvalue weighted by molar-refractivity contribution is 7.80. The van der Waals surface area contributed by atoms with Gasteiger partial charge in [-0.1, -0.05) is 6.92 Å². The largest absolute Gasteiger partial charge is 0.258 e. The van der Waals surface area contributed by atoms with Gasteiger partial charge in [0.25, 0.3) is 0 Å². The van der Waals surface area contributed by atoms with E-state index in [1.165, 1.54) is 12.3 Å². The van der Waals surface area contributed by atoms with E-state index in [-0.39, 0.29) is 11.1 Å². The van der Waals surface area contributed by atoms with E-state index in [0.29, 0.717) is 0 Å². The normalized spacial score (nSPS) is 13.0. The molecule has 0 aliphatic heterocycles. The zero-order chi connectivity index (χ0) is 9.14. The molecule has 12 heavy (non-hydrogen) atoms. The summed E-state index contributed by atoms with van der Waals surface area (Å²) < 4.78 is 12.7. The van der Waals surface area contributed by atoms with Gasteiger partial charge < -0.3 is 0 Å².